The summed E-state index contributed by atoms with van der Waals surface area (Å²) in [5.74, 6) is 0.923. The molecule has 3 aromatic heterocycles. The van der Waals surface area contributed by atoms with Gasteiger partial charge in [-0.15, -0.1) is 0 Å². The molecule has 8 heteroatoms. The van der Waals surface area contributed by atoms with E-state index >= 15 is 0 Å². The minimum absolute atomic E-state index is 0.169. The smallest absolute Gasteiger partial charge is 0.257 e. The topological polar surface area (TPSA) is 77.6 Å². The Morgan fingerprint density at radius 3 is 2.68 bits per heavy atom. The summed E-state index contributed by atoms with van der Waals surface area (Å²) in [6.45, 7) is 4.71. The number of nitrogens with one attached hydrogen (secondary N) is 1. The Kier molecular flexibility index (Phi) is 5.09. The summed E-state index contributed by atoms with van der Waals surface area (Å²) in [5.41, 5.74) is 3.45. The molecule has 1 aliphatic carbocycles. The van der Waals surface area contributed by atoms with Gasteiger partial charge in [-0.2, -0.15) is 10.2 Å². The summed E-state index contributed by atoms with van der Waals surface area (Å²) >= 11 is 3.46. The first-order chi connectivity index (χ1) is 15.0. The summed E-state index contributed by atoms with van der Waals surface area (Å²) in [6, 6.07) is 12.0. The number of rotatable bonds is 6. The van der Waals surface area contributed by atoms with Crippen LogP contribution in [0.5, 0.6) is 0 Å². The highest BCUT2D eigenvalue weighted by atomic mass is 79.9. The van der Waals surface area contributed by atoms with Crippen LogP contribution in [0, 0.1) is 0 Å². The van der Waals surface area contributed by atoms with Crippen molar-refractivity contribution in [1.29, 1.82) is 0 Å². The molecule has 1 saturated carbocycles. The van der Waals surface area contributed by atoms with Crippen LogP contribution in [-0.2, 0) is 6.54 Å². The number of anilines is 1. The fourth-order valence-corrected chi connectivity index (χ4v) is 3.97. The predicted octanol–water partition coefficient (Wildman–Crippen LogP) is 5.15. The van der Waals surface area contributed by atoms with E-state index in [-0.39, 0.29) is 11.9 Å². The maximum Gasteiger partial charge on any atom is 0.257 e. The number of carbonyl (C=O) groups excluding carboxylic acids is 1. The Hall–Kier alpha value is -3.00. The normalized spacial score (nSPS) is 13.8. The molecule has 1 aromatic carbocycles. The molecule has 0 atom stereocenters. The molecule has 0 unspecified atom stereocenters. The maximum absolute atomic E-state index is 13.3. The Labute approximate surface area is 188 Å². The van der Waals surface area contributed by atoms with E-state index in [1.54, 1.807) is 17.1 Å². The number of benzene rings is 1. The van der Waals surface area contributed by atoms with Crippen LogP contribution >= 0.6 is 15.9 Å². The summed E-state index contributed by atoms with van der Waals surface area (Å²) in [7, 11) is 0. The van der Waals surface area contributed by atoms with E-state index in [0.29, 0.717) is 23.8 Å². The van der Waals surface area contributed by atoms with Gasteiger partial charge in [-0.25, -0.2) is 14.3 Å². The SMILES string of the molecule is CC(C)n1ncc2c(C(=O)Nc3ccnn3Cc3ccc(Br)cc3)cc(C3CC3)nc21. The summed E-state index contributed by atoms with van der Waals surface area (Å²) in [4.78, 5) is 18.2. The average Bonchev–Trinajstić information content (AvgIpc) is 3.37. The molecule has 0 saturated heterocycles. The summed E-state index contributed by atoms with van der Waals surface area (Å²) in [6.07, 6.45) is 5.68. The molecule has 1 amide bonds. The number of pyridine rings is 1. The van der Waals surface area contributed by atoms with Gasteiger partial charge in [0.1, 0.15) is 5.82 Å². The van der Waals surface area contributed by atoms with Crippen molar-refractivity contribution in [3.63, 3.8) is 0 Å². The zero-order valence-electron chi connectivity index (χ0n) is 17.4. The second-order valence-corrected chi connectivity index (χ2v) is 9.16. The van der Waals surface area contributed by atoms with Crippen LogP contribution in [-0.4, -0.2) is 30.5 Å². The molecule has 158 valence electrons. The number of amides is 1. The quantitative estimate of drug-likeness (QED) is 0.415. The lowest BCUT2D eigenvalue weighted by Gasteiger charge is -2.12. The molecule has 0 spiro atoms. The Morgan fingerprint density at radius 2 is 1.97 bits per heavy atom. The zero-order valence-corrected chi connectivity index (χ0v) is 19.0. The molecular formula is C23H23BrN6O. The number of carbonyl (C=O) groups is 1. The van der Waals surface area contributed by atoms with Gasteiger partial charge in [0.15, 0.2) is 5.65 Å². The van der Waals surface area contributed by atoms with Gasteiger partial charge < -0.3 is 5.32 Å². The Morgan fingerprint density at radius 1 is 1.19 bits per heavy atom. The van der Waals surface area contributed by atoms with Crippen LogP contribution in [0.2, 0.25) is 0 Å². The predicted molar refractivity (Wildman–Crippen MR) is 123 cm³/mol. The fourth-order valence-electron chi connectivity index (χ4n) is 3.70. The first kappa shape index (κ1) is 19.9. The summed E-state index contributed by atoms with van der Waals surface area (Å²) in [5, 5.41) is 12.7. The first-order valence-corrected chi connectivity index (χ1v) is 11.2. The third kappa shape index (κ3) is 3.99. The molecule has 31 heavy (non-hydrogen) atoms. The molecular weight excluding hydrogens is 456 g/mol. The molecule has 5 rings (SSSR count). The lowest BCUT2D eigenvalue weighted by Crippen LogP contribution is -2.17. The largest absolute Gasteiger partial charge is 0.307 e. The second kappa shape index (κ2) is 7.92. The van der Waals surface area contributed by atoms with Crippen LogP contribution in [0.1, 0.15) is 60.3 Å². The van der Waals surface area contributed by atoms with Crippen LogP contribution in [0.25, 0.3) is 11.0 Å². The van der Waals surface area contributed by atoms with Crippen LogP contribution < -0.4 is 5.32 Å². The van der Waals surface area contributed by atoms with E-state index in [9.17, 15) is 4.79 Å². The molecule has 7 nitrogen and oxygen atoms in total. The van der Waals surface area contributed by atoms with Crippen molar-refractivity contribution in [1.82, 2.24) is 24.5 Å². The Bertz CT molecular complexity index is 1250. The van der Waals surface area contributed by atoms with Crippen molar-refractivity contribution in [2.45, 2.75) is 45.2 Å². The van der Waals surface area contributed by atoms with E-state index in [2.05, 4.69) is 45.3 Å². The molecule has 0 bridgehead atoms. The van der Waals surface area contributed by atoms with Crippen molar-refractivity contribution in [2.75, 3.05) is 5.32 Å². The highest BCUT2D eigenvalue weighted by Gasteiger charge is 2.28. The maximum atomic E-state index is 13.3. The van der Waals surface area contributed by atoms with Gasteiger partial charge >= 0.3 is 0 Å². The van der Waals surface area contributed by atoms with E-state index in [0.717, 1.165) is 39.6 Å². The highest BCUT2D eigenvalue weighted by molar-refractivity contribution is 9.10. The molecule has 0 radical (unpaired) electrons. The minimum Gasteiger partial charge on any atom is -0.307 e. The van der Waals surface area contributed by atoms with Gasteiger partial charge in [-0.3, -0.25) is 4.79 Å². The third-order valence-electron chi connectivity index (χ3n) is 5.52. The minimum atomic E-state index is -0.171. The molecule has 1 N–H and O–H groups in total. The second-order valence-electron chi connectivity index (χ2n) is 8.24. The van der Waals surface area contributed by atoms with Crippen molar-refractivity contribution in [3.05, 3.63) is 70.1 Å². The molecule has 1 fully saturated rings. The van der Waals surface area contributed by atoms with E-state index in [4.69, 9.17) is 4.98 Å². The number of fused-ring (bicyclic) bond motifs is 1. The van der Waals surface area contributed by atoms with Gasteiger partial charge in [0.05, 0.1) is 29.9 Å². The molecule has 0 aliphatic heterocycles. The van der Waals surface area contributed by atoms with Crippen LogP contribution in [0.15, 0.2) is 53.3 Å². The number of nitrogens with zero attached hydrogens (tertiary/aromatic N) is 5. The van der Waals surface area contributed by atoms with E-state index < -0.39 is 0 Å². The van der Waals surface area contributed by atoms with Crippen LogP contribution in [0.3, 0.4) is 0 Å². The number of hydrogen-bond acceptors (Lipinski definition) is 4. The van der Waals surface area contributed by atoms with Crippen LogP contribution in [0.4, 0.5) is 5.82 Å². The standard InChI is InChI=1S/C23H23BrN6O/c1-14(2)30-22-19(12-26-30)18(11-20(27-22)16-5-6-16)23(31)28-21-9-10-25-29(21)13-15-3-7-17(24)8-4-15/h3-4,7-12,14,16H,5-6,13H2,1-2H3,(H,28,31). The van der Waals surface area contributed by atoms with Gasteiger partial charge in [0, 0.05) is 28.2 Å². The Balaban J connectivity index is 1.46. The number of aromatic nitrogens is 5. The van der Waals surface area contributed by atoms with Gasteiger partial charge in [-0.1, -0.05) is 28.1 Å². The monoisotopic (exact) mass is 478 g/mol. The van der Waals surface area contributed by atoms with Gasteiger partial charge in [0.2, 0.25) is 0 Å². The highest BCUT2D eigenvalue weighted by Crippen LogP contribution is 2.40. The van der Waals surface area contributed by atoms with Crippen molar-refractivity contribution < 1.29 is 4.79 Å². The van der Waals surface area contributed by atoms with Crippen molar-refractivity contribution in [2.24, 2.45) is 0 Å². The van der Waals surface area contributed by atoms with Crippen molar-refractivity contribution >= 4 is 38.7 Å². The average molecular weight is 479 g/mol. The lowest BCUT2D eigenvalue weighted by molar-refractivity contribution is 0.102. The third-order valence-corrected chi connectivity index (χ3v) is 6.05. The first-order valence-electron chi connectivity index (χ1n) is 10.5. The van der Waals surface area contributed by atoms with Crippen molar-refractivity contribution in [3.8, 4) is 0 Å². The number of halogens is 1. The number of hydrogen-bond donors (Lipinski definition) is 1. The lowest BCUT2D eigenvalue weighted by atomic mass is 10.1. The van der Waals surface area contributed by atoms with E-state index in [1.165, 1.54) is 0 Å². The molecule has 4 aromatic rings. The fraction of sp³-hybridized carbons (Fsp3) is 0.304. The molecule has 3 heterocycles. The van der Waals surface area contributed by atoms with E-state index in [1.807, 2.05) is 41.1 Å². The summed E-state index contributed by atoms with van der Waals surface area (Å²) < 4.78 is 4.70. The van der Waals surface area contributed by atoms with Gasteiger partial charge in [0.25, 0.3) is 5.91 Å². The van der Waals surface area contributed by atoms with Gasteiger partial charge in [-0.05, 0) is 50.5 Å². The molecule has 1 aliphatic rings. The zero-order chi connectivity index (χ0) is 21.5.